The van der Waals surface area contributed by atoms with Crippen LogP contribution in [0.3, 0.4) is 0 Å². The Kier molecular flexibility index (Phi) is 4.93. The van der Waals surface area contributed by atoms with E-state index >= 15 is 0 Å². The van der Waals surface area contributed by atoms with Crippen molar-refractivity contribution in [2.24, 2.45) is 17.3 Å². The molecule has 132 valence electrons. The molecule has 1 aliphatic rings. The van der Waals surface area contributed by atoms with Gasteiger partial charge in [-0.1, -0.05) is 31.6 Å². The van der Waals surface area contributed by atoms with Crippen LogP contribution in [0.5, 0.6) is 0 Å². The van der Waals surface area contributed by atoms with Crippen molar-refractivity contribution in [1.29, 1.82) is 0 Å². The van der Waals surface area contributed by atoms with E-state index in [0.717, 1.165) is 0 Å². The molecule has 1 aromatic rings. The van der Waals surface area contributed by atoms with E-state index in [1.54, 1.807) is 19.1 Å². The molecule has 6 heteroatoms. The zero-order chi connectivity index (χ0) is 18.3. The molecule has 0 radical (unpaired) electrons. The molecule has 1 fully saturated rings. The Morgan fingerprint density at radius 2 is 1.88 bits per heavy atom. The van der Waals surface area contributed by atoms with Gasteiger partial charge in [0.25, 0.3) is 0 Å². The summed E-state index contributed by atoms with van der Waals surface area (Å²) >= 11 is 0. The molecule has 0 heterocycles. The lowest BCUT2D eigenvalue weighted by atomic mass is 10.1. The predicted octanol–water partition coefficient (Wildman–Crippen LogP) is 3.08. The number of amides is 1. The standard InChI is InChI=1S/C18H26N2O3S/c1-11(2)9-14-16(18(14,4)5)17(21)20-13-8-7-12(3)15(10-13)24(22,23)19-6/h7-10,14,16,19H,1-6H3,(H,20,21)/t14-,16-/m1/s1. The Bertz CT molecular complexity index is 790. The van der Waals surface area contributed by atoms with Gasteiger partial charge in [-0.2, -0.15) is 0 Å². The largest absolute Gasteiger partial charge is 0.326 e. The van der Waals surface area contributed by atoms with Crippen LogP contribution in [0.4, 0.5) is 5.69 Å². The highest BCUT2D eigenvalue weighted by molar-refractivity contribution is 7.89. The molecule has 0 aromatic heterocycles. The Balaban J connectivity index is 2.22. The average Bonchev–Trinajstić information content (AvgIpc) is 3.00. The van der Waals surface area contributed by atoms with Crippen LogP contribution >= 0.6 is 0 Å². The zero-order valence-corrected chi connectivity index (χ0v) is 15.9. The van der Waals surface area contributed by atoms with E-state index in [2.05, 4.69) is 30.0 Å². The highest BCUT2D eigenvalue weighted by Crippen LogP contribution is 2.59. The first-order valence-corrected chi connectivity index (χ1v) is 9.49. The molecule has 1 aromatic carbocycles. The van der Waals surface area contributed by atoms with Gasteiger partial charge in [0, 0.05) is 5.69 Å². The molecule has 1 aliphatic carbocycles. The normalized spacial score (nSPS) is 21.9. The molecule has 2 atom stereocenters. The minimum atomic E-state index is -3.55. The van der Waals surface area contributed by atoms with E-state index in [9.17, 15) is 13.2 Å². The zero-order valence-electron chi connectivity index (χ0n) is 15.1. The first kappa shape index (κ1) is 18.7. The third-order valence-electron chi connectivity index (χ3n) is 4.72. The summed E-state index contributed by atoms with van der Waals surface area (Å²) in [6.07, 6.45) is 2.14. The average molecular weight is 350 g/mol. The highest BCUT2D eigenvalue weighted by atomic mass is 32.2. The Morgan fingerprint density at radius 3 is 2.42 bits per heavy atom. The second-order valence-corrected chi connectivity index (χ2v) is 9.10. The molecule has 24 heavy (non-hydrogen) atoms. The lowest BCUT2D eigenvalue weighted by Crippen LogP contribution is -2.21. The number of benzene rings is 1. The maximum absolute atomic E-state index is 12.6. The van der Waals surface area contributed by atoms with E-state index in [-0.39, 0.29) is 28.1 Å². The van der Waals surface area contributed by atoms with Crippen LogP contribution in [0.25, 0.3) is 0 Å². The fourth-order valence-electron chi connectivity index (χ4n) is 3.15. The molecular formula is C18H26N2O3S. The summed E-state index contributed by atoms with van der Waals surface area (Å²) in [5.41, 5.74) is 2.25. The number of hydrogen-bond acceptors (Lipinski definition) is 3. The van der Waals surface area contributed by atoms with Crippen molar-refractivity contribution in [3.63, 3.8) is 0 Å². The summed E-state index contributed by atoms with van der Waals surface area (Å²) in [6.45, 7) is 9.93. The number of sulfonamides is 1. The van der Waals surface area contributed by atoms with Crippen LogP contribution < -0.4 is 10.0 Å². The topological polar surface area (TPSA) is 75.3 Å². The molecule has 0 bridgehead atoms. The predicted molar refractivity (Wildman–Crippen MR) is 96.2 cm³/mol. The van der Waals surface area contributed by atoms with E-state index in [0.29, 0.717) is 11.3 Å². The quantitative estimate of drug-likeness (QED) is 0.801. The van der Waals surface area contributed by atoms with E-state index < -0.39 is 10.0 Å². The van der Waals surface area contributed by atoms with Crippen molar-refractivity contribution in [2.45, 2.75) is 39.5 Å². The number of aryl methyl sites for hydroxylation is 1. The van der Waals surface area contributed by atoms with Crippen molar-refractivity contribution in [3.05, 3.63) is 35.4 Å². The third-order valence-corrected chi connectivity index (χ3v) is 6.28. The Morgan fingerprint density at radius 1 is 1.25 bits per heavy atom. The van der Waals surface area contributed by atoms with E-state index in [1.165, 1.54) is 18.7 Å². The van der Waals surface area contributed by atoms with Gasteiger partial charge in [-0.05, 0) is 56.8 Å². The number of hydrogen-bond donors (Lipinski definition) is 2. The second-order valence-electron chi connectivity index (χ2n) is 7.25. The van der Waals surface area contributed by atoms with Crippen LogP contribution in [0.1, 0.15) is 33.3 Å². The van der Waals surface area contributed by atoms with Gasteiger partial charge in [0.2, 0.25) is 15.9 Å². The third kappa shape index (κ3) is 3.54. The summed E-state index contributed by atoms with van der Waals surface area (Å²) < 4.78 is 26.4. The molecule has 2 rings (SSSR count). The van der Waals surface area contributed by atoms with Gasteiger partial charge in [-0.25, -0.2) is 13.1 Å². The van der Waals surface area contributed by atoms with Crippen molar-refractivity contribution in [1.82, 2.24) is 4.72 Å². The molecule has 0 saturated heterocycles. The monoisotopic (exact) mass is 350 g/mol. The van der Waals surface area contributed by atoms with Crippen LogP contribution in [-0.2, 0) is 14.8 Å². The summed E-state index contributed by atoms with van der Waals surface area (Å²) in [4.78, 5) is 12.8. The SMILES string of the molecule is CNS(=O)(=O)c1cc(NC(=O)[C@H]2[C@@H](C=C(C)C)C2(C)C)ccc1C. The van der Waals surface area contributed by atoms with Crippen LogP contribution in [-0.4, -0.2) is 21.4 Å². The fraction of sp³-hybridized carbons (Fsp3) is 0.500. The van der Waals surface area contributed by atoms with Crippen LogP contribution in [0.2, 0.25) is 0 Å². The smallest absolute Gasteiger partial charge is 0.240 e. The number of carbonyl (C=O) groups excluding carboxylic acids is 1. The van der Waals surface area contributed by atoms with Crippen LogP contribution in [0, 0.1) is 24.2 Å². The van der Waals surface area contributed by atoms with Crippen LogP contribution in [0.15, 0.2) is 34.7 Å². The minimum absolute atomic E-state index is 0.0702. The maximum Gasteiger partial charge on any atom is 0.240 e. The van der Waals surface area contributed by atoms with Gasteiger partial charge in [0.1, 0.15) is 0 Å². The number of rotatable bonds is 5. The number of nitrogens with one attached hydrogen (secondary N) is 2. The van der Waals surface area contributed by atoms with E-state index in [1.807, 2.05) is 13.8 Å². The van der Waals surface area contributed by atoms with Gasteiger partial charge in [-0.3, -0.25) is 4.79 Å². The fourth-order valence-corrected chi connectivity index (χ4v) is 4.14. The van der Waals surface area contributed by atoms with Crippen molar-refractivity contribution in [3.8, 4) is 0 Å². The van der Waals surface area contributed by atoms with Crippen molar-refractivity contribution in [2.75, 3.05) is 12.4 Å². The number of allylic oxidation sites excluding steroid dienone is 2. The Hall–Kier alpha value is -1.66. The molecule has 2 N–H and O–H groups in total. The summed E-state index contributed by atoms with van der Waals surface area (Å²) in [5.74, 6) is 0.0469. The summed E-state index contributed by atoms with van der Waals surface area (Å²) in [7, 11) is -2.18. The van der Waals surface area contributed by atoms with E-state index in [4.69, 9.17) is 0 Å². The van der Waals surface area contributed by atoms with Gasteiger partial charge in [0.05, 0.1) is 10.8 Å². The number of carbonyl (C=O) groups is 1. The molecule has 5 nitrogen and oxygen atoms in total. The molecule has 0 unspecified atom stereocenters. The first-order valence-electron chi connectivity index (χ1n) is 8.01. The van der Waals surface area contributed by atoms with Crippen molar-refractivity contribution < 1.29 is 13.2 Å². The second kappa shape index (κ2) is 6.33. The summed E-state index contributed by atoms with van der Waals surface area (Å²) in [6, 6.07) is 4.93. The molecule has 1 saturated carbocycles. The highest BCUT2D eigenvalue weighted by Gasteiger charge is 2.60. The minimum Gasteiger partial charge on any atom is -0.326 e. The van der Waals surface area contributed by atoms with Gasteiger partial charge in [-0.15, -0.1) is 0 Å². The maximum atomic E-state index is 12.6. The molecule has 0 spiro atoms. The number of anilines is 1. The lowest BCUT2D eigenvalue weighted by Gasteiger charge is -2.11. The molecule has 1 amide bonds. The summed E-state index contributed by atoms with van der Waals surface area (Å²) in [5, 5.41) is 2.87. The van der Waals surface area contributed by atoms with Gasteiger partial charge in [0.15, 0.2) is 0 Å². The molecular weight excluding hydrogens is 324 g/mol. The Labute approximate surface area is 144 Å². The first-order chi connectivity index (χ1) is 11.0. The van der Waals surface area contributed by atoms with Crippen molar-refractivity contribution >= 4 is 21.6 Å². The van der Waals surface area contributed by atoms with Gasteiger partial charge < -0.3 is 5.32 Å². The molecule has 0 aliphatic heterocycles. The van der Waals surface area contributed by atoms with Gasteiger partial charge >= 0.3 is 0 Å². The lowest BCUT2D eigenvalue weighted by molar-refractivity contribution is -0.118.